The molecule has 4 aliphatic carbocycles. The highest BCUT2D eigenvalue weighted by atomic mass is 16.5. The third-order valence-corrected chi connectivity index (χ3v) is 4.91. The molecule has 0 aromatic rings. The van der Waals surface area contributed by atoms with E-state index in [0.29, 0.717) is 30.9 Å². The Kier molecular flexibility index (Phi) is 2.45. The molecule has 88 valence electrons. The van der Waals surface area contributed by atoms with Crippen LogP contribution in [-0.2, 0) is 4.74 Å². The SMILES string of the molecule is N#CCCOC12CC3CC(C1)C(N)C(C3)C2. The second kappa shape index (κ2) is 3.72. The van der Waals surface area contributed by atoms with Gasteiger partial charge >= 0.3 is 0 Å². The van der Waals surface area contributed by atoms with E-state index in [9.17, 15) is 0 Å². The topological polar surface area (TPSA) is 59.0 Å². The monoisotopic (exact) mass is 220 g/mol. The Morgan fingerprint density at radius 3 is 2.56 bits per heavy atom. The summed E-state index contributed by atoms with van der Waals surface area (Å²) in [5, 5.41) is 8.57. The van der Waals surface area contributed by atoms with Crippen LogP contribution < -0.4 is 5.73 Å². The molecule has 0 spiro atoms. The molecule has 16 heavy (non-hydrogen) atoms. The van der Waals surface area contributed by atoms with Gasteiger partial charge in [-0.2, -0.15) is 5.26 Å². The van der Waals surface area contributed by atoms with Crippen LogP contribution >= 0.6 is 0 Å². The Morgan fingerprint density at radius 2 is 1.94 bits per heavy atom. The van der Waals surface area contributed by atoms with Crippen LogP contribution in [-0.4, -0.2) is 18.2 Å². The Bertz CT molecular complexity index is 306. The second-order valence-corrected chi connectivity index (χ2v) is 5.99. The number of nitriles is 1. The smallest absolute Gasteiger partial charge is 0.0692 e. The summed E-state index contributed by atoms with van der Waals surface area (Å²) < 4.78 is 6.05. The number of nitrogens with zero attached hydrogens (tertiary/aromatic N) is 1. The molecule has 4 saturated carbocycles. The first-order valence-corrected chi connectivity index (χ1v) is 6.49. The number of nitrogens with two attached hydrogens (primary N) is 1. The molecule has 4 bridgehead atoms. The Balaban J connectivity index is 1.71. The zero-order valence-electron chi connectivity index (χ0n) is 9.69. The standard InChI is InChI=1S/C13H20N2O/c14-2-1-3-16-13-6-9-4-10(7-13)12(15)11(5-9)8-13/h9-12H,1,3-8,15H2. The van der Waals surface area contributed by atoms with Gasteiger partial charge in [0.2, 0.25) is 0 Å². The molecule has 0 aromatic heterocycles. The highest BCUT2D eigenvalue weighted by Gasteiger charge is 2.54. The van der Waals surface area contributed by atoms with Gasteiger partial charge in [0, 0.05) is 6.04 Å². The summed E-state index contributed by atoms with van der Waals surface area (Å²) >= 11 is 0. The van der Waals surface area contributed by atoms with Crippen molar-refractivity contribution in [1.82, 2.24) is 0 Å². The average Bonchev–Trinajstić information content (AvgIpc) is 2.25. The van der Waals surface area contributed by atoms with Gasteiger partial charge in [-0.3, -0.25) is 0 Å². The molecule has 2 N–H and O–H groups in total. The van der Waals surface area contributed by atoms with Crippen LogP contribution in [0, 0.1) is 29.1 Å². The van der Waals surface area contributed by atoms with Crippen LogP contribution in [0.5, 0.6) is 0 Å². The lowest BCUT2D eigenvalue weighted by molar-refractivity contribution is -0.167. The summed E-state index contributed by atoms with van der Waals surface area (Å²) in [7, 11) is 0. The lowest BCUT2D eigenvalue weighted by Gasteiger charge is -2.58. The molecule has 3 nitrogen and oxygen atoms in total. The van der Waals surface area contributed by atoms with E-state index in [1.165, 1.54) is 19.3 Å². The summed E-state index contributed by atoms with van der Waals surface area (Å²) in [5.41, 5.74) is 6.37. The number of rotatable bonds is 3. The van der Waals surface area contributed by atoms with Gasteiger partial charge < -0.3 is 10.5 Å². The molecule has 4 rings (SSSR count). The first-order chi connectivity index (χ1) is 7.72. The lowest BCUT2D eigenvalue weighted by Crippen LogP contribution is -2.60. The van der Waals surface area contributed by atoms with E-state index in [1.807, 2.05) is 0 Å². The highest BCUT2D eigenvalue weighted by Crippen LogP contribution is 2.56. The minimum Gasteiger partial charge on any atom is -0.374 e. The predicted molar refractivity (Wildman–Crippen MR) is 60.4 cm³/mol. The number of hydrogen-bond acceptors (Lipinski definition) is 3. The molecular weight excluding hydrogens is 200 g/mol. The van der Waals surface area contributed by atoms with Crippen LogP contribution in [0.1, 0.15) is 38.5 Å². The summed E-state index contributed by atoms with van der Waals surface area (Å²) in [4.78, 5) is 0. The van der Waals surface area contributed by atoms with Crippen molar-refractivity contribution in [1.29, 1.82) is 5.26 Å². The summed E-state index contributed by atoms with van der Waals surface area (Å²) in [6.07, 6.45) is 6.67. The molecule has 3 heteroatoms. The van der Waals surface area contributed by atoms with Crippen LogP contribution in [0.4, 0.5) is 0 Å². The minimum atomic E-state index is 0.100. The van der Waals surface area contributed by atoms with Gasteiger partial charge in [0.15, 0.2) is 0 Å². The molecule has 4 aliphatic rings. The molecule has 0 aliphatic heterocycles. The van der Waals surface area contributed by atoms with Gasteiger partial charge in [0.05, 0.1) is 24.7 Å². The quantitative estimate of drug-likeness (QED) is 0.738. The molecule has 0 amide bonds. The molecule has 2 atom stereocenters. The normalized spacial score (nSPS) is 49.2. The molecule has 2 unspecified atom stereocenters. The average molecular weight is 220 g/mol. The molecule has 0 saturated heterocycles. The predicted octanol–water partition coefficient (Wildman–Crippen LogP) is 1.82. The first kappa shape index (κ1) is 10.6. The van der Waals surface area contributed by atoms with E-state index in [2.05, 4.69) is 6.07 Å². The van der Waals surface area contributed by atoms with Gasteiger partial charge in [0.25, 0.3) is 0 Å². The van der Waals surface area contributed by atoms with Crippen LogP contribution in [0.25, 0.3) is 0 Å². The summed E-state index contributed by atoms with van der Waals surface area (Å²) in [5.74, 6) is 2.22. The van der Waals surface area contributed by atoms with Crippen molar-refractivity contribution in [2.45, 2.75) is 50.2 Å². The van der Waals surface area contributed by atoms with Gasteiger partial charge in [-0.15, -0.1) is 0 Å². The lowest BCUT2D eigenvalue weighted by atomic mass is 9.52. The summed E-state index contributed by atoms with van der Waals surface area (Å²) in [6.45, 7) is 0.609. The molecule has 4 fully saturated rings. The highest BCUT2D eigenvalue weighted by molar-refractivity contribution is 5.08. The number of ether oxygens (including phenoxy) is 1. The van der Waals surface area contributed by atoms with Crippen molar-refractivity contribution in [2.75, 3.05) is 6.61 Å². The molecule has 0 radical (unpaired) electrons. The summed E-state index contributed by atoms with van der Waals surface area (Å²) in [6, 6.07) is 2.58. The second-order valence-electron chi connectivity index (χ2n) is 5.99. The van der Waals surface area contributed by atoms with Crippen LogP contribution in [0.15, 0.2) is 0 Å². The fraction of sp³-hybridized carbons (Fsp3) is 0.923. The van der Waals surface area contributed by atoms with Gasteiger partial charge in [-0.1, -0.05) is 0 Å². The van der Waals surface area contributed by atoms with Crippen molar-refractivity contribution < 1.29 is 4.74 Å². The Labute approximate surface area is 96.9 Å². The van der Waals surface area contributed by atoms with Crippen LogP contribution in [0.3, 0.4) is 0 Å². The van der Waals surface area contributed by atoms with Gasteiger partial charge in [0.1, 0.15) is 0 Å². The van der Waals surface area contributed by atoms with Crippen molar-refractivity contribution in [2.24, 2.45) is 23.5 Å². The van der Waals surface area contributed by atoms with E-state index in [1.54, 1.807) is 0 Å². The molecule has 0 heterocycles. The van der Waals surface area contributed by atoms with E-state index in [4.69, 9.17) is 15.7 Å². The zero-order valence-corrected chi connectivity index (χ0v) is 9.69. The fourth-order valence-electron chi connectivity index (χ4n) is 4.48. The van der Waals surface area contributed by atoms with Crippen molar-refractivity contribution in [3.63, 3.8) is 0 Å². The van der Waals surface area contributed by atoms with Crippen molar-refractivity contribution in [3.8, 4) is 6.07 Å². The fourth-order valence-corrected chi connectivity index (χ4v) is 4.48. The maximum atomic E-state index is 8.57. The number of hydrogen-bond donors (Lipinski definition) is 1. The Hall–Kier alpha value is -0.590. The molecule has 0 aromatic carbocycles. The van der Waals surface area contributed by atoms with E-state index < -0.39 is 0 Å². The largest absolute Gasteiger partial charge is 0.374 e. The third-order valence-electron chi connectivity index (χ3n) is 4.91. The van der Waals surface area contributed by atoms with Gasteiger partial charge in [-0.25, -0.2) is 0 Å². The Morgan fingerprint density at radius 1 is 1.25 bits per heavy atom. The minimum absolute atomic E-state index is 0.100. The third kappa shape index (κ3) is 1.56. The van der Waals surface area contributed by atoms with E-state index >= 15 is 0 Å². The zero-order chi connectivity index (χ0) is 11.2. The maximum absolute atomic E-state index is 8.57. The van der Waals surface area contributed by atoms with E-state index in [-0.39, 0.29) is 5.60 Å². The van der Waals surface area contributed by atoms with E-state index in [0.717, 1.165) is 18.8 Å². The van der Waals surface area contributed by atoms with Crippen molar-refractivity contribution in [3.05, 3.63) is 0 Å². The maximum Gasteiger partial charge on any atom is 0.0692 e. The first-order valence-electron chi connectivity index (χ1n) is 6.49. The van der Waals surface area contributed by atoms with Gasteiger partial charge in [-0.05, 0) is 49.9 Å². The molecular formula is C13H20N2O. The van der Waals surface area contributed by atoms with Crippen LogP contribution in [0.2, 0.25) is 0 Å². The van der Waals surface area contributed by atoms with Crippen molar-refractivity contribution >= 4 is 0 Å².